The Balaban J connectivity index is 1.53. The number of rotatable bonds is 7. The number of thiocarbonyl (C=S) groups is 1. The molecule has 6 nitrogen and oxygen atoms in total. The van der Waals surface area contributed by atoms with Gasteiger partial charge in [-0.15, -0.1) is 0 Å². The minimum absolute atomic E-state index is 0.171. The van der Waals surface area contributed by atoms with Gasteiger partial charge in [0.25, 0.3) is 0 Å². The van der Waals surface area contributed by atoms with Crippen LogP contribution < -0.4 is 19.7 Å². The van der Waals surface area contributed by atoms with E-state index >= 15 is 0 Å². The summed E-state index contributed by atoms with van der Waals surface area (Å²) in [4.78, 5) is 6.67. The van der Waals surface area contributed by atoms with Crippen LogP contribution in [0.1, 0.15) is 30.5 Å². The summed E-state index contributed by atoms with van der Waals surface area (Å²) in [6.45, 7) is 2.61. The van der Waals surface area contributed by atoms with Crippen molar-refractivity contribution in [3.63, 3.8) is 0 Å². The summed E-state index contributed by atoms with van der Waals surface area (Å²) in [7, 11) is 1.66. The first-order valence-electron chi connectivity index (χ1n) is 11.2. The number of nitrogens with zero attached hydrogens (tertiary/aromatic N) is 2. The van der Waals surface area contributed by atoms with E-state index in [1.807, 2.05) is 85.8 Å². The number of furan rings is 1. The first-order chi connectivity index (χ1) is 16.7. The number of nitrogens with one attached hydrogen (secondary N) is 1. The van der Waals surface area contributed by atoms with Gasteiger partial charge < -0.3 is 24.1 Å². The van der Waals surface area contributed by atoms with Crippen LogP contribution in [0.15, 0.2) is 89.5 Å². The molecule has 0 bridgehead atoms. The highest BCUT2D eigenvalue weighted by molar-refractivity contribution is 7.80. The van der Waals surface area contributed by atoms with Crippen molar-refractivity contribution in [3.8, 4) is 22.8 Å². The summed E-state index contributed by atoms with van der Waals surface area (Å²) in [5.74, 6) is 3.20. The van der Waals surface area contributed by atoms with E-state index in [0.29, 0.717) is 11.7 Å². The van der Waals surface area contributed by atoms with Crippen LogP contribution in [0, 0.1) is 0 Å². The fourth-order valence-corrected chi connectivity index (χ4v) is 4.56. The molecular formula is C27H25N3O3S. The highest BCUT2D eigenvalue weighted by Crippen LogP contribution is 2.43. The minimum Gasteiger partial charge on any atom is -0.497 e. The lowest BCUT2D eigenvalue weighted by molar-refractivity contribution is 0.340. The Morgan fingerprint density at radius 1 is 0.971 bits per heavy atom. The van der Waals surface area contributed by atoms with Crippen LogP contribution in [-0.2, 0) is 0 Å². The largest absolute Gasteiger partial charge is 0.497 e. The van der Waals surface area contributed by atoms with Gasteiger partial charge in [-0.1, -0.05) is 6.07 Å². The maximum absolute atomic E-state index is 6.42. The molecule has 0 amide bonds. The summed E-state index contributed by atoms with van der Waals surface area (Å²) in [5.41, 5.74) is 2.82. The van der Waals surface area contributed by atoms with Gasteiger partial charge in [0.1, 0.15) is 29.1 Å². The van der Waals surface area contributed by atoms with Crippen molar-refractivity contribution >= 4 is 23.0 Å². The van der Waals surface area contributed by atoms with Crippen molar-refractivity contribution in [3.05, 3.63) is 96.5 Å². The molecule has 3 heterocycles. The summed E-state index contributed by atoms with van der Waals surface area (Å²) in [5, 5.41) is 4.07. The van der Waals surface area contributed by atoms with Gasteiger partial charge in [0.05, 0.1) is 25.5 Å². The zero-order valence-corrected chi connectivity index (χ0v) is 19.8. The third kappa shape index (κ3) is 4.22. The van der Waals surface area contributed by atoms with Crippen molar-refractivity contribution in [2.45, 2.75) is 19.0 Å². The van der Waals surface area contributed by atoms with E-state index in [4.69, 9.17) is 26.1 Å². The molecule has 4 aromatic rings. The minimum atomic E-state index is -0.216. The molecule has 0 spiro atoms. The van der Waals surface area contributed by atoms with E-state index in [9.17, 15) is 0 Å². The Bertz CT molecular complexity index is 1260. The summed E-state index contributed by atoms with van der Waals surface area (Å²) < 4.78 is 17.3. The molecule has 0 saturated carbocycles. The molecule has 0 aliphatic carbocycles. The molecule has 1 aliphatic heterocycles. The van der Waals surface area contributed by atoms with E-state index in [2.05, 4.69) is 15.2 Å². The lowest BCUT2D eigenvalue weighted by atomic mass is 10.0. The van der Waals surface area contributed by atoms with Crippen LogP contribution in [-0.4, -0.2) is 23.8 Å². The first kappa shape index (κ1) is 22.0. The Kier molecular flexibility index (Phi) is 6.18. The number of pyridine rings is 1. The van der Waals surface area contributed by atoms with Crippen LogP contribution in [0.3, 0.4) is 0 Å². The Morgan fingerprint density at radius 3 is 2.41 bits per heavy atom. The van der Waals surface area contributed by atoms with Gasteiger partial charge in [-0.25, -0.2) is 0 Å². The molecule has 5 rings (SSSR count). The average molecular weight is 472 g/mol. The van der Waals surface area contributed by atoms with E-state index in [1.54, 1.807) is 13.3 Å². The van der Waals surface area contributed by atoms with Crippen LogP contribution in [0.25, 0.3) is 11.3 Å². The number of hydrogen-bond acceptors (Lipinski definition) is 5. The maximum Gasteiger partial charge on any atom is 0.174 e. The zero-order valence-electron chi connectivity index (χ0n) is 19.0. The highest BCUT2D eigenvalue weighted by Gasteiger charge is 2.42. The van der Waals surface area contributed by atoms with Gasteiger partial charge in [-0.3, -0.25) is 4.98 Å². The molecule has 2 aromatic carbocycles. The summed E-state index contributed by atoms with van der Waals surface area (Å²) >= 11 is 5.78. The van der Waals surface area contributed by atoms with Crippen molar-refractivity contribution in [1.29, 1.82) is 0 Å². The van der Waals surface area contributed by atoms with Crippen molar-refractivity contribution in [2.75, 3.05) is 18.6 Å². The predicted molar refractivity (Wildman–Crippen MR) is 136 cm³/mol. The van der Waals surface area contributed by atoms with Gasteiger partial charge in [-0.05, 0) is 91.9 Å². The first-order valence-corrected chi connectivity index (χ1v) is 11.6. The van der Waals surface area contributed by atoms with Crippen LogP contribution in [0.2, 0.25) is 0 Å². The fourth-order valence-electron chi connectivity index (χ4n) is 4.21. The molecule has 172 valence electrons. The van der Waals surface area contributed by atoms with Crippen molar-refractivity contribution < 1.29 is 13.9 Å². The van der Waals surface area contributed by atoms with E-state index in [-0.39, 0.29) is 12.1 Å². The molecule has 1 fully saturated rings. The third-order valence-electron chi connectivity index (χ3n) is 5.82. The van der Waals surface area contributed by atoms with E-state index in [1.165, 1.54) is 0 Å². The molecule has 0 unspecified atom stereocenters. The summed E-state index contributed by atoms with van der Waals surface area (Å²) in [6, 6.07) is 25.3. The van der Waals surface area contributed by atoms with Gasteiger partial charge in [0, 0.05) is 17.4 Å². The third-order valence-corrected chi connectivity index (χ3v) is 6.13. The van der Waals surface area contributed by atoms with Crippen LogP contribution in [0.4, 0.5) is 5.69 Å². The van der Waals surface area contributed by atoms with Crippen LogP contribution >= 0.6 is 12.2 Å². The number of methoxy groups -OCH3 is 1. The second-order valence-electron chi connectivity index (χ2n) is 7.85. The molecule has 34 heavy (non-hydrogen) atoms. The molecule has 2 aromatic heterocycles. The average Bonchev–Trinajstić information content (AvgIpc) is 3.50. The lowest BCUT2D eigenvalue weighted by Gasteiger charge is -2.26. The van der Waals surface area contributed by atoms with E-state index < -0.39 is 0 Å². The second kappa shape index (κ2) is 9.57. The molecule has 0 radical (unpaired) electrons. The fraction of sp³-hybridized carbons (Fsp3) is 0.185. The number of anilines is 1. The molecule has 1 saturated heterocycles. The molecule has 2 atom stereocenters. The Labute approximate surface area is 204 Å². The SMILES string of the molecule is CCOc1ccc(-c2ccc([C@@H]3[C@@H](c4ccccn4)NC(=S)N3c3ccc(OC)cc3)o2)cc1. The van der Waals surface area contributed by atoms with Gasteiger partial charge in [0.15, 0.2) is 5.11 Å². The van der Waals surface area contributed by atoms with Crippen molar-refractivity contribution in [1.82, 2.24) is 10.3 Å². The van der Waals surface area contributed by atoms with E-state index in [0.717, 1.165) is 40.0 Å². The number of aromatic nitrogens is 1. The Hall–Kier alpha value is -3.84. The standard InChI is InChI=1S/C27H25N3O3S/c1-3-32-21-11-7-18(8-12-21)23-15-16-24(33-23)26-25(22-6-4-5-17-28-22)29-27(34)30(26)19-9-13-20(31-2)14-10-19/h4-17,25-26H,3H2,1-2H3,(H,29,34)/t25-,26-/m1/s1. The number of ether oxygens (including phenoxy) is 2. The smallest absolute Gasteiger partial charge is 0.174 e. The highest BCUT2D eigenvalue weighted by atomic mass is 32.1. The topological polar surface area (TPSA) is 59.8 Å². The lowest BCUT2D eigenvalue weighted by Crippen LogP contribution is -2.29. The number of hydrogen-bond donors (Lipinski definition) is 1. The predicted octanol–water partition coefficient (Wildman–Crippen LogP) is 5.93. The zero-order chi connectivity index (χ0) is 23.5. The van der Waals surface area contributed by atoms with Crippen molar-refractivity contribution in [2.24, 2.45) is 0 Å². The van der Waals surface area contributed by atoms with Gasteiger partial charge in [0.2, 0.25) is 0 Å². The molecule has 1 aliphatic rings. The quantitative estimate of drug-likeness (QED) is 0.335. The van der Waals surface area contributed by atoms with Crippen LogP contribution in [0.5, 0.6) is 11.5 Å². The number of benzene rings is 2. The normalized spacial score (nSPS) is 17.5. The maximum atomic E-state index is 6.42. The second-order valence-corrected chi connectivity index (χ2v) is 8.24. The summed E-state index contributed by atoms with van der Waals surface area (Å²) in [6.07, 6.45) is 1.79. The monoisotopic (exact) mass is 471 g/mol. The molecular weight excluding hydrogens is 446 g/mol. The molecule has 1 N–H and O–H groups in total. The van der Waals surface area contributed by atoms with Gasteiger partial charge in [-0.2, -0.15) is 0 Å². The van der Waals surface area contributed by atoms with Gasteiger partial charge >= 0.3 is 0 Å². The molecule has 7 heteroatoms. The Morgan fingerprint density at radius 2 is 1.74 bits per heavy atom.